The standard InChI is InChI=1S/C16H19N5/c1-12(2)16-18-8-9-20(16)13(3)14-4-6-15(7-5-14)21-11-17-10-19-21/h4-13H,1-3H3/t13-/m0/s1. The number of imidazole rings is 1. The summed E-state index contributed by atoms with van der Waals surface area (Å²) in [6, 6.07) is 8.64. The van der Waals surface area contributed by atoms with Crippen molar-refractivity contribution in [1.29, 1.82) is 0 Å². The summed E-state index contributed by atoms with van der Waals surface area (Å²) < 4.78 is 3.99. The van der Waals surface area contributed by atoms with Gasteiger partial charge < -0.3 is 4.57 Å². The topological polar surface area (TPSA) is 48.5 Å². The summed E-state index contributed by atoms with van der Waals surface area (Å²) in [5, 5.41) is 4.14. The minimum Gasteiger partial charge on any atom is -0.328 e. The monoisotopic (exact) mass is 281 g/mol. The molecule has 0 aliphatic rings. The Morgan fingerprint density at radius 2 is 1.81 bits per heavy atom. The molecule has 2 aromatic heterocycles. The van der Waals surface area contributed by atoms with Crippen LogP contribution in [0.15, 0.2) is 49.3 Å². The number of nitrogens with zero attached hydrogens (tertiary/aromatic N) is 5. The summed E-state index contributed by atoms with van der Waals surface area (Å²) in [4.78, 5) is 8.43. The Balaban J connectivity index is 1.88. The largest absolute Gasteiger partial charge is 0.328 e. The van der Waals surface area contributed by atoms with Crippen LogP contribution in [0.25, 0.3) is 5.69 Å². The van der Waals surface area contributed by atoms with Crippen LogP contribution in [0.5, 0.6) is 0 Å². The predicted molar refractivity (Wildman–Crippen MR) is 81.5 cm³/mol. The van der Waals surface area contributed by atoms with Crippen molar-refractivity contribution >= 4 is 0 Å². The highest BCUT2D eigenvalue weighted by Crippen LogP contribution is 2.23. The summed E-state index contributed by atoms with van der Waals surface area (Å²) in [5.41, 5.74) is 2.26. The summed E-state index contributed by atoms with van der Waals surface area (Å²) in [6.45, 7) is 6.52. The van der Waals surface area contributed by atoms with Gasteiger partial charge in [-0.2, -0.15) is 5.10 Å². The van der Waals surface area contributed by atoms with Crippen LogP contribution in [0.3, 0.4) is 0 Å². The summed E-state index contributed by atoms with van der Waals surface area (Å²) >= 11 is 0. The molecule has 0 amide bonds. The first kappa shape index (κ1) is 13.5. The van der Waals surface area contributed by atoms with Crippen molar-refractivity contribution < 1.29 is 0 Å². The summed E-state index contributed by atoms with van der Waals surface area (Å²) in [7, 11) is 0. The van der Waals surface area contributed by atoms with E-state index < -0.39 is 0 Å². The SMILES string of the molecule is CC(C)c1nccn1[C@@H](C)c1ccc(-n2cncn2)cc1. The molecule has 0 saturated heterocycles. The molecule has 1 aromatic carbocycles. The van der Waals surface area contributed by atoms with Gasteiger partial charge in [0.25, 0.3) is 0 Å². The zero-order chi connectivity index (χ0) is 14.8. The predicted octanol–water partition coefficient (Wildman–Crippen LogP) is 3.20. The minimum atomic E-state index is 0.259. The van der Waals surface area contributed by atoms with Crippen LogP contribution in [-0.4, -0.2) is 24.3 Å². The molecule has 0 bridgehead atoms. The van der Waals surface area contributed by atoms with Gasteiger partial charge in [-0.3, -0.25) is 0 Å². The minimum absolute atomic E-state index is 0.259. The van der Waals surface area contributed by atoms with Gasteiger partial charge in [-0.15, -0.1) is 0 Å². The zero-order valence-electron chi connectivity index (χ0n) is 12.5. The Morgan fingerprint density at radius 3 is 2.43 bits per heavy atom. The van der Waals surface area contributed by atoms with Crippen LogP contribution in [0, 0.1) is 0 Å². The molecule has 1 atom stereocenters. The van der Waals surface area contributed by atoms with Crippen LogP contribution in [0.2, 0.25) is 0 Å². The molecule has 0 N–H and O–H groups in total. The van der Waals surface area contributed by atoms with E-state index >= 15 is 0 Å². The molecule has 0 fully saturated rings. The van der Waals surface area contributed by atoms with Crippen LogP contribution in [0.4, 0.5) is 0 Å². The number of hydrogen-bond acceptors (Lipinski definition) is 3. The molecule has 21 heavy (non-hydrogen) atoms. The molecule has 0 unspecified atom stereocenters. The zero-order valence-corrected chi connectivity index (χ0v) is 12.5. The van der Waals surface area contributed by atoms with Gasteiger partial charge in [0.15, 0.2) is 0 Å². The number of benzene rings is 1. The van der Waals surface area contributed by atoms with Crippen molar-refractivity contribution in [2.75, 3.05) is 0 Å². The second-order valence-corrected chi connectivity index (χ2v) is 5.45. The van der Waals surface area contributed by atoms with Crippen molar-refractivity contribution in [3.63, 3.8) is 0 Å². The fraction of sp³-hybridized carbons (Fsp3) is 0.312. The summed E-state index contributed by atoms with van der Waals surface area (Å²) in [6.07, 6.45) is 7.16. The normalized spacial score (nSPS) is 12.8. The fourth-order valence-electron chi connectivity index (χ4n) is 2.51. The maximum absolute atomic E-state index is 4.46. The molecule has 0 spiro atoms. The van der Waals surface area contributed by atoms with E-state index in [4.69, 9.17) is 0 Å². The molecule has 3 aromatic rings. The Labute approximate surface area is 124 Å². The van der Waals surface area contributed by atoms with E-state index in [1.165, 1.54) is 11.9 Å². The molecular formula is C16H19N5. The van der Waals surface area contributed by atoms with Gasteiger partial charge >= 0.3 is 0 Å². The fourth-order valence-corrected chi connectivity index (χ4v) is 2.51. The Kier molecular flexibility index (Phi) is 3.56. The third kappa shape index (κ3) is 2.59. The first-order valence-corrected chi connectivity index (χ1v) is 7.14. The van der Waals surface area contributed by atoms with E-state index in [1.807, 2.05) is 12.4 Å². The smallest absolute Gasteiger partial charge is 0.138 e. The summed E-state index contributed by atoms with van der Waals surface area (Å²) in [5.74, 6) is 1.53. The van der Waals surface area contributed by atoms with E-state index in [0.717, 1.165) is 11.5 Å². The highest BCUT2D eigenvalue weighted by Gasteiger charge is 2.14. The molecular weight excluding hydrogens is 262 g/mol. The van der Waals surface area contributed by atoms with E-state index in [1.54, 1.807) is 11.0 Å². The molecule has 0 radical (unpaired) electrons. The molecule has 0 saturated carbocycles. The molecule has 5 nitrogen and oxygen atoms in total. The maximum atomic E-state index is 4.46. The second kappa shape index (κ2) is 5.52. The average Bonchev–Trinajstić information content (AvgIpc) is 3.18. The van der Waals surface area contributed by atoms with Crippen molar-refractivity contribution in [2.45, 2.75) is 32.7 Å². The van der Waals surface area contributed by atoms with Crippen LogP contribution >= 0.6 is 0 Å². The lowest BCUT2D eigenvalue weighted by Crippen LogP contribution is -2.11. The number of hydrogen-bond donors (Lipinski definition) is 0. The van der Waals surface area contributed by atoms with E-state index in [0.29, 0.717) is 5.92 Å². The highest BCUT2D eigenvalue weighted by atomic mass is 15.3. The van der Waals surface area contributed by atoms with Crippen molar-refractivity contribution in [1.82, 2.24) is 24.3 Å². The van der Waals surface area contributed by atoms with Gasteiger partial charge in [0.2, 0.25) is 0 Å². The second-order valence-electron chi connectivity index (χ2n) is 5.45. The van der Waals surface area contributed by atoms with Crippen LogP contribution < -0.4 is 0 Å². The van der Waals surface area contributed by atoms with Gasteiger partial charge in [-0.1, -0.05) is 26.0 Å². The first-order valence-electron chi connectivity index (χ1n) is 7.14. The van der Waals surface area contributed by atoms with Gasteiger partial charge in [0, 0.05) is 18.3 Å². The molecule has 108 valence electrons. The molecule has 0 aliphatic heterocycles. The third-order valence-corrected chi connectivity index (χ3v) is 3.69. The quantitative estimate of drug-likeness (QED) is 0.738. The van der Waals surface area contributed by atoms with Gasteiger partial charge in [-0.25, -0.2) is 14.6 Å². The van der Waals surface area contributed by atoms with E-state index in [9.17, 15) is 0 Å². The molecule has 0 aliphatic carbocycles. The molecule has 2 heterocycles. The maximum Gasteiger partial charge on any atom is 0.138 e. The van der Waals surface area contributed by atoms with Crippen LogP contribution in [-0.2, 0) is 0 Å². The first-order chi connectivity index (χ1) is 10.2. The molecule has 5 heteroatoms. The van der Waals surface area contributed by atoms with E-state index in [2.05, 4.69) is 64.7 Å². The van der Waals surface area contributed by atoms with Gasteiger partial charge in [-0.05, 0) is 24.6 Å². The van der Waals surface area contributed by atoms with Crippen LogP contribution in [0.1, 0.15) is 44.1 Å². The van der Waals surface area contributed by atoms with Gasteiger partial charge in [0.05, 0.1) is 11.7 Å². The lowest BCUT2D eigenvalue weighted by atomic mass is 10.1. The number of aromatic nitrogens is 5. The van der Waals surface area contributed by atoms with Crippen molar-refractivity contribution in [3.8, 4) is 5.69 Å². The Morgan fingerprint density at radius 1 is 1.05 bits per heavy atom. The highest BCUT2D eigenvalue weighted by molar-refractivity contribution is 5.34. The number of rotatable bonds is 4. The lowest BCUT2D eigenvalue weighted by molar-refractivity contribution is 0.578. The molecule has 3 rings (SSSR count). The van der Waals surface area contributed by atoms with Gasteiger partial charge in [0.1, 0.15) is 18.5 Å². The third-order valence-electron chi connectivity index (χ3n) is 3.69. The lowest BCUT2D eigenvalue weighted by Gasteiger charge is -2.18. The Hall–Kier alpha value is -2.43. The van der Waals surface area contributed by atoms with E-state index in [-0.39, 0.29) is 6.04 Å². The Bertz CT molecular complexity index is 695. The average molecular weight is 281 g/mol. The van der Waals surface area contributed by atoms with Crippen molar-refractivity contribution in [2.24, 2.45) is 0 Å². The van der Waals surface area contributed by atoms with Crippen molar-refractivity contribution in [3.05, 3.63) is 60.7 Å².